The molecule has 1 aromatic carbocycles. The molecule has 0 atom stereocenters. The zero-order chi connectivity index (χ0) is 14.4. The van der Waals surface area contributed by atoms with Crippen molar-refractivity contribution in [1.29, 1.82) is 0 Å². The summed E-state index contributed by atoms with van der Waals surface area (Å²) in [6, 6.07) is 3.97. The van der Waals surface area contributed by atoms with Gasteiger partial charge in [-0.05, 0) is 31.9 Å². The summed E-state index contributed by atoms with van der Waals surface area (Å²) in [6.45, 7) is 5.35. The molecule has 19 heavy (non-hydrogen) atoms. The van der Waals surface area contributed by atoms with Gasteiger partial charge in [0.15, 0.2) is 13.2 Å². The average molecular weight is 265 g/mol. The normalized spacial score (nSPS) is 9.89. The molecular weight excluding hydrogens is 246 g/mol. The van der Waals surface area contributed by atoms with Crippen LogP contribution in [-0.2, 0) is 14.3 Å². The molecule has 1 amide bonds. The predicted octanol–water partition coefficient (Wildman–Crippen LogP) is 1.28. The summed E-state index contributed by atoms with van der Waals surface area (Å²) in [5, 5.41) is 2.36. The van der Waals surface area contributed by atoms with Crippen LogP contribution in [0.5, 0.6) is 5.75 Å². The molecule has 0 aliphatic heterocycles. The highest BCUT2D eigenvalue weighted by Gasteiger charge is 2.10. The van der Waals surface area contributed by atoms with E-state index < -0.39 is 5.97 Å². The second-order valence-electron chi connectivity index (χ2n) is 4.35. The van der Waals surface area contributed by atoms with Gasteiger partial charge in [-0.1, -0.05) is 17.7 Å². The topological polar surface area (TPSA) is 64.6 Å². The summed E-state index contributed by atoms with van der Waals surface area (Å²) in [4.78, 5) is 22.3. The van der Waals surface area contributed by atoms with Gasteiger partial charge in [0.05, 0.1) is 0 Å². The molecule has 1 aromatic rings. The highest BCUT2D eigenvalue weighted by atomic mass is 16.6. The second kappa shape index (κ2) is 6.78. The Morgan fingerprint density at radius 1 is 1.11 bits per heavy atom. The minimum absolute atomic E-state index is 0.207. The van der Waals surface area contributed by atoms with Gasteiger partial charge >= 0.3 is 5.97 Å². The van der Waals surface area contributed by atoms with Gasteiger partial charge in [0, 0.05) is 7.05 Å². The lowest BCUT2D eigenvalue weighted by molar-refractivity contribution is -0.150. The van der Waals surface area contributed by atoms with Crippen LogP contribution >= 0.6 is 0 Å². The van der Waals surface area contributed by atoms with Crippen molar-refractivity contribution in [1.82, 2.24) is 5.32 Å². The summed E-state index contributed by atoms with van der Waals surface area (Å²) < 4.78 is 10.2. The van der Waals surface area contributed by atoms with Gasteiger partial charge in [0.25, 0.3) is 5.91 Å². The van der Waals surface area contributed by atoms with Crippen molar-refractivity contribution < 1.29 is 19.1 Å². The van der Waals surface area contributed by atoms with Gasteiger partial charge in [-0.15, -0.1) is 0 Å². The van der Waals surface area contributed by atoms with Crippen molar-refractivity contribution in [2.24, 2.45) is 0 Å². The molecule has 0 aliphatic rings. The predicted molar refractivity (Wildman–Crippen MR) is 71.2 cm³/mol. The van der Waals surface area contributed by atoms with E-state index in [0.717, 1.165) is 16.7 Å². The third-order valence-corrected chi connectivity index (χ3v) is 2.58. The Kier molecular flexibility index (Phi) is 5.36. The molecule has 5 heteroatoms. The molecule has 1 N–H and O–H groups in total. The lowest BCUT2D eigenvalue weighted by Gasteiger charge is -2.12. The Balaban J connectivity index is 2.53. The van der Waals surface area contributed by atoms with Crippen molar-refractivity contribution in [3.05, 3.63) is 28.8 Å². The molecule has 5 nitrogen and oxygen atoms in total. The van der Waals surface area contributed by atoms with Crippen molar-refractivity contribution >= 4 is 11.9 Å². The maximum atomic E-state index is 11.4. The molecule has 0 spiro atoms. The molecule has 0 radical (unpaired) electrons. The molecule has 104 valence electrons. The molecule has 0 saturated heterocycles. The van der Waals surface area contributed by atoms with Crippen LogP contribution in [0.1, 0.15) is 16.7 Å². The van der Waals surface area contributed by atoms with E-state index in [2.05, 4.69) is 5.32 Å². The van der Waals surface area contributed by atoms with Gasteiger partial charge in [-0.2, -0.15) is 0 Å². The van der Waals surface area contributed by atoms with Crippen LogP contribution in [0, 0.1) is 20.8 Å². The van der Waals surface area contributed by atoms with Crippen LogP contribution in [0.4, 0.5) is 0 Å². The summed E-state index contributed by atoms with van der Waals surface area (Å²) in [6.07, 6.45) is 0. The molecule has 0 bridgehead atoms. The average Bonchev–Trinajstić information content (AvgIpc) is 2.34. The fraction of sp³-hybridized carbons (Fsp3) is 0.429. The van der Waals surface area contributed by atoms with E-state index in [1.807, 2.05) is 32.9 Å². The van der Waals surface area contributed by atoms with Crippen molar-refractivity contribution in [3.63, 3.8) is 0 Å². The SMILES string of the molecule is CNC(=O)COC(=O)COc1c(C)cc(C)cc1C. The Morgan fingerprint density at radius 3 is 2.21 bits per heavy atom. The molecule has 0 aliphatic carbocycles. The molecular formula is C14H19NO4. The fourth-order valence-electron chi connectivity index (χ4n) is 1.79. The van der Waals surface area contributed by atoms with Crippen LogP contribution in [0.15, 0.2) is 12.1 Å². The van der Waals surface area contributed by atoms with E-state index in [9.17, 15) is 9.59 Å². The van der Waals surface area contributed by atoms with Gasteiger partial charge in [-0.3, -0.25) is 4.79 Å². The molecule has 0 heterocycles. The van der Waals surface area contributed by atoms with E-state index in [1.54, 1.807) is 0 Å². The first-order chi connectivity index (χ1) is 8.93. The number of carbonyl (C=O) groups excluding carboxylic acids is 2. The Hall–Kier alpha value is -2.04. The first kappa shape index (κ1) is 15.0. The fourth-order valence-corrected chi connectivity index (χ4v) is 1.79. The molecule has 1 rings (SSSR count). The van der Waals surface area contributed by atoms with E-state index in [1.165, 1.54) is 7.05 Å². The number of rotatable bonds is 5. The highest BCUT2D eigenvalue weighted by molar-refractivity contribution is 5.80. The molecule has 0 saturated carbocycles. The van der Waals surface area contributed by atoms with Crippen LogP contribution in [-0.4, -0.2) is 32.1 Å². The highest BCUT2D eigenvalue weighted by Crippen LogP contribution is 2.24. The summed E-state index contributed by atoms with van der Waals surface area (Å²) in [5.74, 6) is -0.235. The van der Waals surface area contributed by atoms with Gasteiger partial charge in [0.2, 0.25) is 0 Å². The smallest absolute Gasteiger partial charge is 0.344 e. The van der Waals surface area contributed by atoms with E-state index in [-0.39, 0.29) is 19.1 Å². The second-order valence-corrected chi connectivity index (χ2v) is 4.35. The van der Waals surface area contributed by atoms with E-state index in [0.29, 0.717) is 5.75 Å². The zero-order valence-corrected chi connectivity index (χ0v) is 11.7. The number of aryl methyl sites for hydroxylation is 3. The first-order valence-electron chi connectivity index (χ1n) is 6.01. The zero-order valence-electron chi connectivity index (χ0n) is 11.7. The Labute approximate surface area is 112 Å². The maximum Gasteiger partial charge on any atom is 0.344 e. The summed E-state index contributed by atoms with van der Waals surface area (Å²) in [7, 11) is 1.48. The Morgan fingerprint density at radius 2 is 1.68 bits per heavy atom. The maximum absolute atomic E-state index is 11.4. The number of nitrogens with one attached hydrogen (secondary N) is 1. The number of benzene rings is 1. The van der Waals surface area contributed by atoms with Crippen LogP contribution in [0.2, 0.25) is 0 Å². The van der Waals surface area contributed by atoms with E-state index >= 15 is 0 Å². The number of carbonyl (C=O) groups is 2. The molecule has 0 unspecified atom stereocenters. The van der Waals surface area contributed by atoms with Crippen molar-refractivity contribution in [2.45, 2.75) is 20.8 Å². The number of ether oxygens (including phenoxy) is 2. The minimum Gasteiger partial charge on any atom is -0.481 e. The van der Waals surface area contributed by atoms with Crippen molar-refractivity contribution in [3.8, 4) is 5.75 Å². The minimum atomic E-state index is -0.567. The summed E-state index contributed by atoms with van der Waals surface area (Å²) >= 11 is 0. The quantitative estimate of drug-likeness (QED) is 0.815. The lowest BCUT2D eigenvalue weighted by Crippen LogP contribution is -2.27. The summed E-state index contributed by atoms with van der Waals surface area (Å²) in [5.41, 5.74) is 3.08. The number of esters is 1. The monoisotopic (exact) mass is 265 g/mol. The van der Waals surface area contributed by atoms with Crippen molar-refractivity contribution in [2.75, 3.05) is 20.3 Å². The number of hydrogen-bond acceptors (Lipinski definition) is 4. The van der Waals surface area contributed by atoms with Crippen LogP contribution in [0.25, 0.3) is 0 Å². The van der Waals surface area contributed by atoms with Crippen LogP contribution in [0.3, 0.4) is 0 Å². The van der Waals surface area contributed by atoms with Crippen LogP contribution < -0.4 is 10.1 Å². The first-order valence-corrected chi connectivity index (χ1v) is 6.01. The lowest BCUT2D eigenvalue weighted by atomic mass is 10.1. The number of amides is 1. The molecule has 0 aromatic heterocycles. The number of likely N-dealkylation sites (N-methyl/N-ethyl adjacent to an activating group) is 1. The van der Waals surface area contributed by atoms with Gasteiger partial charge in [0.1, 0.15) is 5.75 Å². The third kappa shape index (κ3) is 4.62. The standard InChI is InChI=1S/C14H19NO4/c1-9-5-10(2)14(11(3)6-9)19-8-13(17)18-7-12(16)15-4/h5-6H,7-8H2,1-4H3,(H,15,16). The van der Waals surface area contributed by atoms with Gasteiger partial charge < -0.3 is 14.8 Å². The number of hydrogen-bond donors (Lipinski definition) is 1. The van der Waals surface area contributed by atoms with Gasteiger partial charge in [-0.25, -0.2) is 4.79 Å². The van der Waals surface area contributed by atoms with E-state index in [4.69, 9.17) is 9.47 Å². The largest absolute Gasteiger partial charge is 0.481 e. The Bertz CT molecular complexity index is 459. The third-order valence-electron chi connectivity index (χ3n) is 2.58. The molecule has 0 fully saturated rings.